The average molecular weight is 271 g/mol. The van der Waals surface area contributed by atoms with E-state index in [1.807, 2.05) is 0 Å². The molecular formula is C14H24BClO2. The molecule has 2 bridgehead atoms. The number of hydrogen-bond acceptors (Lipinski definition) is 2. The van der Waals surface area contributed by atoms with Gasteiger partial charge in [-0.2, -0.15) is 0 Å². The van der Waals surface area contributed by atoms with Crippen LogP contribution in [0.3, 0.4) is 0 Å². The van der Waals surface area contributed by atoms with Crippen LogP contribution < -0.4 is 0 Å². The fraction of sp³-hybridized carbons (Fsp3) is 1.00. The lowest BCUT2D eigenvalue weighted by atomic mass is 9.43. The Hall–Kier alpha value is 0.275. The Labute approximate surface area is 116 Å². The summed E-state index contributed by atoms with van der Waals surface area (Å²) in [5.41, 5.74) is 0.286. The molecule has 0 amide bonds. The normalized spacial score (nSPS) is 46.8. The highest BCUT2D eigenvalue weighted by Gasteiger charge is 2.68. The standard InChI is InChI=1S/C14H24BClO2/c1-8(2)12(16)15-17-11-7-9-6-10(13(9,3)4)14(11,5)18-15/h8-12H,6-7H2,1-5H3/t9-,10+,11-,12-,14+/m1/s1. The molecule has 0 N–H and O–H groups in total. The zero-order chi connectivity index (χ0) is 13.3. The maximum Gasteiger partial charge on any atom is 0.477 e. The van der Waals surface area contributed by atoms with E-state index in [1.165, 1.54) is 6.42 Å². The minimum absolute atomic E-state index is 0.0484. The predicted molar refractivity (Wildman–Crippen MR) is 74.6 cm³/mol. The predicted octanol–water partition coefficient (Wildman–Crippen LogP) is 3.52. The van der Waals surface area contributed by atoms with E-state index in [9.17, 15) is 0 Å². The van der Waals surface area contributed by atoms with Gasteiger partial charge in [0, 0.05) is 0 Å². The minimum Gasteiger partial charge on any atom is -0.404 e. The second kappa shape index (κ2) is 3.89. The monoisotopic (exact) mass is 270 g/mol. The molecule has 4 fully saturated rings. The maximum absolute atomic E-state index is 6.43. The van der Waals surface area contributed by atoms with Crippen LogP contribution in [0.1, 0.15) is 47.5 Å². The minimum atomic E-state index is -0.225. The molecule has 1 heterocycles. The summed E-state index contributed by atoms with van der Waals surface area (Å²) in [6, 6.07) is 0. The van der Waals surface area contributed by atoms with Crippen molar-refractivity contribution >= 4 is 18.7 Å². The molecule has 4 heteroatoms. The first kappa shape index (κ1) is 13.3. The van der Waals surface area contributed by atoms with Gasteiger partial charge >= 0.3 is 7.12 Å². The van der Waals surface area contributed by atoms with Crippen LogP contribution in [-0.2, 0) is 9.31 Å². The SMILES string of the molecule is CC(C)[C@@H](Cl)B1O[C@@H]2C[C@H]3C[C@@H](C3(C)C)[C@]2(C)O1. The summed E-state index contributed by atoms with van der Waals surface area (Å²) in [5.74, 6) is 1.80. The number of rotatable bonds is 2. The molecular weight excluding hydrogens is 246 g/mol. The zero-order valence-corrected chi connectivity index (χ0v) is 12.8. The summed E-state index contributed by atoms with van der Waals surface area (Å²) in [6.07, 6.45) is 2.68. The van der Waals surface area contributed by atoms with Crippen LogP contribution in [0.5, 0.6) is 0 Å². The van der Waals surface area contributed by atoms with Crippen molar-refractivity contribution in [2.45, 2.75) is 64.4 Å². The molecule has 3 aliphatic carbocycles. The third-order valence-corrected chi connectivity index (χ3v) is 6.58. The van der Waals surface area contributed by atoms with Gasteiger partial charge in [0.1, 0.15) is 0 Å². The van der Waals surface area contributed by atoms with Crippen LogP contribution in [0.4, 0.5) is 0 Å². The van der Waals surface area contributed by atoms with Gasteiger partial charge in [-0.1, -0.05) is 27.7 Å². The summed E-state index contributed by atoms with van der Waals surface area (Å²) >= 11 is 6.43. The van der Waals surface area contributed by atoms with E-state index in [4.69, 9.17) is 20.9 Å². The molecule has 3 saturated carbocycles. The van der Waals surface area contributed by atoms with E-state index in [0.29, 0.717) is 17.3 Å². The van der Waals surface area contributed by atoms with Gasteiger partial charge in [-0.3, -0.25) is 0 Å². The van der Waals surface area contributed by atoms with E-state index in [0.717, 1.165) is 12.3 Å². The van der Waals surface area contributed by atoms with Gasteiger partial charge in [-0.25, -0.2) is 0 Å². The number of hydrogen-bond donors (Lipinski definition) is 0. The molecule has 1 aliphatic heterocycles. The quantitative estimate of drug-likeness (QED) is 0.565. The molecule has 0 unspecified atom stereocenters. The lowest BCUT2D eigenvalue weighted by molar-refractivity contribution is -0.199. The summed E-state index contributed by atoms with van der Waals surface area (Å²) < 4.78 is 12.4. The second-order valence-corrected chi connectivity index (χ2v) is 8.03. The van der Waals surface area contributed by atoms with Crippen molar-refractivity contribution in [3.05, 3.63) is 0 Å². The molecule has 0 aromatic carbocycles. The van der Waals surface area contributed by atoms with Crippen LogP contribution in [-0.4, -0.2) is 24.1 Å². The Bertz CT molecular complexity index is 360. The van der Waals surface area contributed by atoms with E-state index < -0.39 is 0 Å². The maximum atomic E-state index is 6.43. The van der Waals surface area contributed by atoms with Crippen LogP contribution in [0.15, 0.2) is 0 Å². The van der Waals surface area contributed by atoms with E-state index in [-0.39, 0.29) is 24.1 Å². The Kier molecular flexibility index (Phi) is 2.87. The van der Waals surface area contributed by atoms with E-state index in [1.54, 1.807) is 0 Å². The summed E-state index contributed by atoms with van der Waals surface area (Å²) in [4.78, 5) is 0. The highest BCUT2D eigenvalue weighted by molar-refractivity contribution is 6.60. The van der Waals surface area contributed by atoms with Gasteiger partial charge in [0.2, 0.25) is 0 Å². The Morgan fingerprint density at radius 3 is 2.44 bits per heavy atom. The molecule has 102 valence electrons. The van der Waals surface area contributed by atoms with Gasteiger partial charge in [-0.15, -0.1) is 11.6 Å². The van der Waals surface area contributed by atoms with Crippen molar-refractivity contribution < 1.29 is 9.31 Å². The molecule has 4 aliphatic rings. The Morgan fingerprint density at radius 1 is 1.22 bits per heavy atom. The molecule has 2 nitrogen and oxygen atoms in total. The highest BCUT2D eigenvalue weighted by Crippen LogP contribution is 2.65. The van der Waals surface area contributed by atoms with Crippen molar-refractivity contribution in [1.29, 1.82) is 0 Å². The first-order valence-electron chi connectivity index (χ1n) is 7.24. The number of alkyl halides is 1. The smallest absolute Gasteiger partial charge is 0.404 e. The lowest BCUT2D eigenvalue weighted by Crippen LogP contribution is -2.65. The van der Waals surface area contributed by atoms with Crippen LogP contribution >= 0.6 is 11.6 Å². The molecule has 4 rings (SSSR count). The Morgan fingerprint density at radius 2 is 1.89 bits per heavy atom. The highest BCUT2D eigenvalue weighted by atomic mass is 35.5. The average Bonchev–Trinajstić information content (AvgIpc) is 2.63. The molecule has 18 heavy (non-hydrogen) atoms. The van der Waals surface area contributed by atoms with Crippen molar-refractivity contribution in [3.63, 3.8) is 0 Å². The molecule has 5 atom stereocenters. The van der Waals surface area contributed by atoms with Crippen LogP contribution in [0, 0.1) is 23.2 Å². The molecule has 1 saturated heterocycles. The summed E-state index contributed by atoms with van der Waals surface area (Å²) in [6.45, 7) is 11.2. The lowest BCUT2D eigenvalue weighted by Gasteiger charge is -2.64. The summed E-state index contributed by atoms with van der Waals surface area (Å²) in [7, 11) is -0.225. The van der Waals surface area contributed by atoms with Gasteiger partial charge in [0.25, 0.3) is 0 Å². The molecule has 0 radical (unpaired) electrons. The van der Waals surface area contributed by atoms with Gasteiger partial charge in [-0.05, 0) is 42.9 Å². The van der Waals surface area contributed by atoms with Crippen LogP contribution in [0.25, 0.3) is 0 Å². The largest absolute Gasteiger partial charge is 0.477 e. The number of halogens is 1. The van der Waals surface area contributed by atoms with Crippen LogP contribution in [0.2, 0.25) is 0 Å². The molecule has 0 aromatic heterocycles. The van der Waals surface area contributed by atoms with Crippen molar-refractivity contribution in [1.82, 2.24) is 0 Å². The van der Waals surface area contributed by atoms with Crippen molar-refractivity contribution in [2.24, 2.45) is 23.2 Å². The van der Waals surface area contributed by atoms with Crippen molar-refractivity contribution in [3.8, 4) is 0 Å². The second-order valence-electron chi connectivity index (χ2n) is 7.53. The molecule has 0 spiro atoms. The van der Waals surface area contributed by atoms with E-state index >= 15 is 0 Å². The fourth-order valence-electron chi connectivity index (χ4n) is 4.35. The third kappa shape index (κ3) is 1.56. The first-order valence-corrected chi connectivity index (χ1v) is 7.67. The molecule has 0 aromatic rings. The zero-order valence-electron chi connectivity index (χ0n) is 12.1. The fourth-order valence-corrected chi connectivity index (χ4v) is 4.46. The van der Waals surface area contributed by atoms with Crippen molar-refractivity contribution in [2.75, 3.05) is 0 Å². The first-order chi connectivity index (χ1) is 8.26. The van der Waals surface area contributed by atoms with Gasteiger partial charge in [0.15, 0.2) is 0 Å². The van der Waals surface area contributed by atoms with E-state index in [2.05, 4.69) is 34.6 Å². The topological polar surface area (TPSA) is 18.5 Å². The van der Waals surface area contributed by atoms with Gasteiger partial charge in [0.05, 0.1) is 17.0 Å². The summed E-state index contributed by atoms with van der Waals surface area (Å²) in [5, 5.41) is -0.0484. The Balaban J connectivity index is 1.81. The van der Waals surface area contributed by atoms with Gasteiger partial charge < -0.3 is 9.31 Å². The third-order valence-electron chi connectivity index (χ3n) is 5.87.